The predicted octanol–water partition coefficient (Wildman–Crippen LogP) is 4.52. The molecule has 2 aromatic rings. The molecule has 0 saturated carbocycles. The molecule has 0 aliphatic carbocycles. The van der Waals surface area contributed by atoms with E-state index in [4.69, 9.17) is 9.84 Å². The molecule has 0 atom stereocenters. The van der Waals surface area contributed by atoms with Crippen molar-refractivity contribution in [2.45, 2.75) is 45.4 Å². The third-order valence-corrected chi connectivity index (χ3v) is 4.02. The number of aromatic nitrogens is 2. The van der Waals surface area contributed by atoms with E-state index in [9.17, 15) is 4.79 Å². The van der Waals surface area contributed by atoms with Crippen LogP contribution in [0.4, 0.5) is 0 Å². The fraction of sp³-hybridized carbons (Fsp3) is 0.474. The molecule has 0 spiro atoms. The smallest absolute Gasteiger partial charge is 0.356 e. The molecule has 0 unspecified atom stereocenters. The second-order valence-electron chi connectivity index (χ2n) is 5.98. The molecule has 0 radical (unpaired) electrons. The zero-order valence-corrected chi connectivity index (χ0v) is 14.5. The Labute approximate surface area is 143 Å². The lowest BCUT2D eigenvalue weighted by molar-refractivity contribution is 0.0689. The minimum absolute atomic E-state index is 0.0518. The molecule has 5 nitrogen and oxygen atoms in total. The molecule has 1 heterocycles. The highest BCUT2D eigenvalue weighted by Gasteiger charge is 2.12. The molecule has 130 valence electrons. The molecular weight excluding hydrogens is 304 g/mol. The first kappa shape index (κ1) is 18.0. The number of carboxylic acids is 1. The number of ether oxygens (including phenoxy) is 1. The summed E-state index contributed by atoms with van der Waals surface area (Å²) in [5.41, 5.74) is 1.75. The molecule has 0 bridgehead atoms. The summed E-state index contributed by atoms with van der Waals surface area (Å²) in [6.45, 7) is 2.96. The summed E-state index contributed by atoms with van der Waals surface area (Å²) in [5, 5.41) is 13.0. The summed E-state index contributed by atoms with van der Waals surface area (Å²) in [7, 11) is 1.74. The topological polar surface area (TPSA) is 64.3 Å². The van der Waals surface area contributed by atoms with Crippen LogP contribution in [0.3, 0.4) is 0 Å². The number of hydrogen-bond donors (Lipinski definition) is 1. The highest BCUT2D eigenvalue weighted by atomic mass is 16.5. The molecule has 1 N–H and O–H groups in total. The molecule has 5 heteroatoms. The summed E-state index contributed by atoms with van der Waals surface area (Å²) >= 11 is 0. The van der Waals surface area contributed by atoms with E-state index in [0.717, 1.165) is 30.0 Å². The normalized spacial score (nSPS) is 10.8. The van der Waals surface area contributed by atoms with Gasteiger partial charge in [-0.3, -0.25) is 4.68 Å². The van der Waals surface area contributed by atoms with Gasteiger partial charge in [-0.25, -0.2) is 4.79 Å². The quantitative estimate of drug-likeness (QED) is 0.650. The van der Waals surface area contributed by atoms with Gasteiger partial charge in [0, 0.05) is 12.6 Å². The Bertz CT molecular complexity index is 647. The standard InChI is InChI=1S/C19H26N2O3/c1-3-4-5-6-7-8-13-24-16-11-9-15(10-12-16)18-14-17(19(22)23)20-21(18)2/h9-12,14H,3-8,13H2,1-2H3,(H,22,23). The largest absolute Gasteiger partial charge is 0.494 e. The fourth-order valence-electron chi connectivity index (χ4n) is 2.64. The molecule has 1 aromatic heterocycles. The fourth-order valence-corrected chi connectivity index (χ4v) is 2.64. The maximum Gasteiger partial charge on any atom is 0.356 e. The van der Waals surface area contributed by atoms with E-state index in [0.29, 0.717) is 0 Å². The van der Waals surface area contributed by atoms with Crippen LogP contribution < -0.4 is 4.74 Å². The maximum absolute atomic E-state index is 11.0. The van der Waals surface area contributed by atoms with Crippen molar-refractivity contribution in [2.75, 3.05) is 6.61 Å². The number of benzene rings is 1. The molecule has 2 rings (SSSR count). The first-order chi connectivity index (χ1) is 11.6. The summed E-state index contributed by atoms with van der Waals surface area (Å²) in [6, 6.07) is 9.27. The van der Waals surface area contributed by atoms with Crippen LogP contribution in [0.15, 0.2) is 30.3 Å². The Hall–Kier alpha value is -2.30. The van der Waals surface area contributed by atoms with Crippen molar-refractivity contribution in [3.8, 4) is 17.0 Å². The zero-order chi connectivity index (χ0) is 17.4. The van der Waals surface area contributed by atoms with Crippen LogP contribution in [0, 0.1) is 0 Å². The number of rotatable bonds is 10. The van der Waals surface area contributed by atoms with Gasteiger partial charge in [-0.15, -0.1) is 0 Å². The Morgan fingerprint density at radius 3 is 2.42 bits per heavy atom. The van der Waals surface area contributed by atoms with Gasteiger partial charge in [0.1, 0.15) is 5.75 Å². The predicted molar refractivity (Wildman–Crippen MR) is 94.5 cm³/mol. The van der Waals surface area contributed by atoms with E-state index >= 15 is 0 Å². The lowest BCUT2D eigenvalue weighted by Gasteiger charge is -2.07. The minimum Gasteiger partial charge on any atom is -0.494 e. The number of carboxylic acid groups (broad SMARTS) is 1. The van der Waals surface area contributed by atoms with Gasteiger partial charge in [0.05, 0.1) is 12.3 Å². The number of unbranched alkanes of at least 4 members (excludes halogenated alkanes) is 5. The van der Waals surface area contributed by atoms with Gasteiger partial charge >= 0.3 is 5.97 Å². The average molecular weight is 330 g/mol. The van der Waals surface area contributed by atoms with E-state index < -0.39 is 5.97 Å². The van der Waals surface area contributed by atoms with Gasteiger partial charge in [-0.1, -0.05) is 39.0 Å². The summed E-state index contributed by atoms with van der Waals surface area (Å²) < 4.78 is 7.34. The van der Waals surface area contributed by atoms with Crippen molar-refractivity contribution >= 4 is 5.97 Å². The van der Waals surface area contributed by atoms with E-state index in [2.05, 4.69) is 12.0 Å². The van der Waals surface area contributed by atoms with Crippen molar-refractivity contribution < 1.29 is 14.6 Å². The van der Waals surface area contributed by atoms with E-state index in [1.165, 1.54) is 32.1 Å². The van der Waals surface area contributed by atoms with Crippen LogP contribution >= 0.6 is 0 Å². The van der Waals surface area contributed by atoms with Gasteiger partial charge in [0.15, 0.2) is 5.69 Å². The van der Waals surface area contributed by atoms with Crippen molar-refractivity contribution in [1.29, 1.82) is 0 Å². The highest BCUT2D eigenvalue weighted by Crippen LogP contribution is 2.23. The molecule has 0 amide bonds. The van der Waals surface area contributed by atoms with Crippen LogP contribution in [-0.4, -0.2) is 27.5 Å². The van der Waals surface area contributed by atoms with Crippen molar-refractivity contribution in [2.24, 2.45) is 7.05 Å². The molecule has 0 saturated heterocycles. The van der Waals surface area contributed by atoms with Crippen LogP contribution in [0.2, 0.25) is 0 Å². The number of aryl methyl sites for hydroxylation is 1. The third kappa shape index (κ3) is 5.11. The molecular formula is C19H26N2O3. The SMILES string of the molecule is CCCCCCCCOc1ccc(-c2cc(C(=O)O)nn2C)cc1. The van der Waals surface area contributed by atoms with Gasteiger partial charge in [0.2, 0.25) is 0 Å². The zero-order valence-electron chi connectivity index (χ0n) is 14.5. The average Bonchev–Trinajstić information content (AvgIpc) is 2.97. The first-order valence-corrected chi connectivity index (χ1v) is 8.62. The van der Waals surface area contributed by atoms with Crippen molar-refractivity contribution in [1.82, 2.24) is 9.78 Å². The lowest BCUT2D eigenvalue weighted by Crippen LogP contribution is -1.99. The first-order valence-electron chi connectivity index (χ1n) is 8.62. The van der Waals surface area contributed by atoms with E-state index in [1.807, 2.05) is 24.3 Å². The van der Waals surface area contributed by atoms with Crippen LogP contribution in [0.1, 0.15) is 55.9 Å². The van der Waals surface area contributed by atoms with Gasteiger partial charge < -0.3 is 9.84 Å². The van der Waals surface area contributed by atoms with E-state index in [1.54, 1.807) is 17.8 Å². The Balaban J connectivity index is 1.84. The Morgan fingerprint density at radius 2 is 1.79 bits per heavy atom. The van der Waals surface area contributed by atoms with Crippen molar-refractivity contribution in [3.63, 3.8) is 0 Å². The molecule has 0 aliphatic rings. The lowest BCUT2D eigenvalue weighted by atomic mass is 10.1. The second-order valence-corrected chi connectivity index (χ2v) is 5.98. The monoisotopic (exact) mass is 330 g/mol. The van der Waals surface area contributed by atoms with Crippen LogP contribution in [0.5, 0.6) is 5.75 Å². The number of nitrogens with zero attached hydrogens (tertiary/aromatic N) is 2. The van der Waals surface area contributed by atoms with Gasteiger partial charge in [-0.05, 0) is 36.8 Å². The molecule has 24 heavy (non-hydrogen) atoms. The van der Waals surface area contributed by atoms with Crippen LogP contribution in [-0.2, 0) is 7.05 Å². The highest BCUT2D eigenvalue weighted by molar-refractivity contribution is 5.87. The minimum atomic E-state index is -1.02. The molecule has 0 aliphatic heterocycles. The summed E-state index contributed by atoms with van der Waals surface area (Å²) in [4.78, 5) is 11.0. The molecule has 1 aromatic carbocycles. The van der Waals surface area contributed by atoms with E-state index in [-0.39, 0.29) is 5.69 Å². The number of carbonyl (C=O) groups is 1. The van der Waals surface area contributed by atoms with Crippen molar-refractivity contribution in [3.05, 3.63) is 36.0 Å². The second kappa shape index (κ2) is 9.11. The molecule has 0 fully saturated rings. The van der Waals surface area contributed by atoms with Gasteiger partial charge in [-0.2, -0.15) is 5.10 Å². The van der Waals surface area contributed by atoms with Gasteiger partial charge in [0.25, 0.3) is 0 Å². The Morgan fingerprint density at radius 1 is 1.12 bits per heavy atom. The summed E-state index contributed by atoms with van der Waals surface area (Å²) in [6.07, 6.45) is 7.48. The number of hydrogen-bond acceptors (Lipinski definition) is 3. The Kier molecular flexibility index (Phi) is 6.85. The number of aromatic carboxylic acids is 1. The third-order valence-electron chi connectivity index (χ3n) is 4.02. The summed E-state index contributed by atoms with van der Waals surface area (Å²) in [5.74, 6) is -0.177. The van der Waals surface area contributed by atoms with Crippen LogP contribution in [0.25, 0.3) is 11.3 Å². The maximum atomic E-state index is 11.0.